The van der Waals surface area contributed by atoms with Crippen molar-refractivity contribution in [2.75, 3.05) is 0 Å². The summed E-state index contributed by atoms with van der Waals surface area (Å²) in [5, 5.41) is 27.4. The molecule has 0 bridgehead atoms. The largest absolute Gasteiger partial charge is 0.481 e. The number of aromatic nitrogens is 2. The molecule has 0 N–H and O–H groups in total. The van der Waals surface area contributed by atoms with Crippen LogP contribution in [-0.2, 0) is 6.61 Å². The number of nitro benzene ring substituents is 2. The van der Waals surface area contributed by atoms with Gasteiger partial charge in [0, 0.05) is 34.2 Å². The predicted octanol–water partition coefficient (Wildman–Crippen LogP) is 6.32. The van der Waals surface area contributed by atoms with E-state index < -0.39 is 9.85 Å². The van der Waals surface area contributed by atoms with Gasteiger partial charge in [0.2, 0.25) is 5.75 Å². The highest BCUT2D eigenvalue weighted by Crippen LogP contribution is 2.36. The molecule has 3 aromatic carbocycles. The average molecular weight is 645 g/mol. The summed E-state index contributed by atoms with van der Waals surface area (Å²) in [5.41, 5.74) is 0.730. The van der Waals surface area contributed by atoms with Crippen molar-refractivity contribution in [2.45, 2.75) is 26.4 Å². The Bertz CT molecular complexity index is 1650. The van der Waals surface area contributed by atoms with Gasteiger partial charge in [-0.1, -0.05) is 29.8 Å². The zero-order chi connectivity index (χ0) is 27.6. The van der Waals surface area contributed by atoms with Crippen molar-refractivity contribution in [3.63, 3.8) is 0 Å². The Kier molecular flexibility index (Phi) is 7.97. The van der Waals surface area contributed by atoms with E-state index in [4.69, 9.17) is 4.74 Å². The van der Waals surface area contributed by atoms with Crippen LogP contribution in [0.4, 0.5) is 11.4 Å². The average Bonchev–Trinajstić information content (AvgIpc) is 2.87. The van der Waals surface area contributed by atoms with E-state index in [1.54, 1.807) is 24.3 Å². The van der Waals surface area contributed by atoms with Crippen molar-refractivity contribution in [2.24, 2.45) is 5.10 Å². The minimum atomic E-state index is -0.589. The van der Waals surface area contributed by atoms with Crippen LogP contribution in [0.3, 0.4) is 0 Å². The molecule has 0 saturated heterocycles. The van der Waals surface area contributed by atoms with Crippen molar-refractivity contribution in [3.05, 3.63) is 111 Å². The molecule has 0 unspecified atom stereocenters. The van der Waals surface area contributed by atoms with E-state index in [1.165, 1.54) is 41.2 Å². The van der Waals surface area contributed by atoms with Gasteiger partial charge in [-0.2, -0.15) is 9.78 Å². The summed E-state index contributed by atoms with van der Waals surface area (Å²) in [4.78, 5) is 39.4. The van der Waals surface area contributed by atoms with Gasteiger partial charge in [-0.05, 0) is 57.9 Å². The summed E-state index contributed by atoms with van der Waals surface area (Å²) < 4.78 is 7.90. The minimum absolute atomic E-state index is 0.0113. The highest BCUT2D eigenvalue weighted by Gasteiger charge is 2.21. The van der Waals surface area contributed by atoms with Crippen LogP contribution in [0.1, 0.15) is 36.7 Å². The van der Waals surface area contributed by atoms with Gasteiger partial charge in [-0.3, -0.25) is 25.0 Å². The number of non-ortho nitro benzene ring substituents is 1. The summed E-state index contributed by atoms with van der Waals surface area (Å²) in [6.45, 7) is 3.73. The monoisotopic (exact) mass is 643 g/mol. The van der Waals surface area contributed by atoms with Crippen molar-refractivity contribution in [3.8, 4) is 5.75 Å². The molecule has 11 nitrogen and oxygen atoms in total. The van der Waals surface area contributed by atoms with Gasteiger partial charge in [0.05, 0.1) is 31.4 Å². The first-order valence-corrected chi connectivity index (χ1v) is 12.7. The number of nitro groups is 2. The molecule has 0 aliphatic rings. The molecule has 4 aromatic rings. The number of fused-ring (bicyclic) bond motifs is 1. The molecule has 0 aliphatic carbocycles. The summed E-state index contributed by atoms with van der Waals surface area (Å²) in [5.74, 6) is 0.310. The van der Waals surface area contributed by atoms with Gasteiger partial charge in [0.25, 0.3) is 11.2 Å². The highest BCUT2D eigenvalue weighted by molar-refractivity contribution is 9.10. The maximum atomic E-state index is 13.2. The van der Waals surface area contributed by atoms with E-state index in [-0.39, 0.29) is 35.2 Å². The maximum Gasteiger partial charge on any atom is 0.312 e. The third kappa shape index (κ3) is 5.78. The van der Waals surface area contributed by atoms with Crippen LogP contribution in [0.15, 0.2) is 73.4 Å². The van der Waals surface area contributed by atoms with Crippen LogP contribution in [0, 0.1) is 20.2 Å². The SMILES string of the molecule is CC(C)c1nc2ccc(Br)cc2c(=O)n1N=Cc1cc(Br)c(OCc2ccc([N+](=O)[O-])cc2)c([N+](=O)[O-])c1. The lowest BCUT2D eigenvalue weighted by Crippen LogP contribution is -2.23. The summed E-state index contributed by atoms with van der Waals surface area (Å²) >= 11 is 6.69. The first-order valence-electron chi connectivity index (χ1n) is 11.2. The molecule has 0 aliphatic heterocycles. The van der Waals surface area contributed by atoms with E-state index in [2.05, 4.69) is 41.9 Å². The molecular formula is C25H19Br2N5O6. The fourth-order valence-corrected chi connectivity index (χ4v) is 4.54. The molecule has 13 heteroatoms. The summed E-state index contributed by atoms with van der Waals surface area (Å²) in [6.07, 6.45) is 1.34. The lowest BCUT2D eigenvalue weighted by molar-refractivity contribution is -0.386. The highest BCUT2D eigenvalue weighted by atomic mass is 79.9. The Balaban J connectivity index is 1.68. The van der Waals surface area contributed by atoms with Gasteiger partial charge in [-0.15, -0.1) is 0 Å². The number of nitrogens with zero attached hydrogens (tertiary/aromatic N) is 5. The van der Waals surface area contributed by atoms with Crippen LogP contribution in [0.5, 0.6) is 5.75 Å². The Morgan fingerprint density at radius 3 is 2.39 bits per heavy atom. The minimum Gasteiger partial charge on any atom is -0.481 e. The molecule has 0 radical (unpaired) electrons. The molecule has 0 fully saturated rings. The second-order valence-electron chi connectivity index (χ2n) is 8.47. The summed E-state index contributed by atoms with van der Waals surface area (Å²) in [6, 6.07) is 13.8. The van der Waals surface area contributed by atoms with E-state index in [9.17, 15) is 25.0 Å². The lowest BCUT2D eigenvalue weighted by atomic mass is 10.2. The number of halogens is 2. The van der Waals surface area contributed by atoms with E-state index in [0.717, 1.165) is 4.47 Å². The Morgan fingerprint density at radius 2 is 1.76 bits per heavy atom. The smallest absolute Gasteiger partial charge is 0.312 e. The Hall–Kier alpha value is -3.97. The molecule has 4 rings (SSSR count). The first-order chi connectivity index (χ1) is 18.0. The summed E-state index contributed by atoms with van der Waals surface area (Å²) in [7, 11) is 0. The van der Waals surface area contributed by atoms with Crippen molar-refractivity contribution >= 4 is 60.4 Å². The molecule has 38 heavy (non-hydrogen) atoms. The van der Waals surface area contributed by atoms with Crippen LogP contribution >= 0.6 is 31.9 Å². The van der Waals surface area contributed by atoms with Gasteiger partial charge >= 0.3 is 5.69 Å². The number of hydrogen-bond donors (Lipinski definition) is 0. The molecule has 0 spiro atoms. The molecule has 1 heterocycles. The zero-order valence-electron chi connectivity index (χ0n) is 20.0. The zero-order valence-corrected chi connectivity index (χ0v) is 23.2. The quantitative estimate of drug-likeness (QED) is 0.124. The van der Waals surface area contributed by atoms with Crippen molar-refractivity contribution < 1.29 is 14.6 Å². The van der Waals surface area contributed by atoms with Crippen molar-refractivity contribution in [1.29, 1.82) is 0 Å². The van der Waals surface area contributed by atoms with Crippen LogP contribution in [0.2, 0.25) is 0 Å². The van der Waals surface area contributed by atoms with Gasteiger partial charge in [-0.25, -0.2) is 4.98 Å². The maximum absolute atomic E-state index is 13.2. The number of rotatable bonds is 8. The predicted molar refractivity (Wildman–Crippen MR) is 149 cm³/mol. The standard InChI is InChI=1S/C25H19Br2N5O6/c1-14(2)24-29-21-8-5-17(26)11-19(21)25(33)30(24)28-12-16-9-20(27)23(22(10-16)32(36)37)38-13-15-3-6-18(7-4-15)31(34)35/h3-12,14H,13H2,1-2H3. The van der Waals surface area contributed by atoms with E-state index >= 15 is 0 Å². The number of ether oxygens (including phenoxy) is 1. The topological polar surface area (TPSA) is 143 Å². The van der Waals surface area contributed by atoms with E-state index in [0.29, 0.717) is 32.3 Å². The fourth-order valence-electron chi connectivity index (χ4n) is 3.60. The third-order valence-electron chi connectivity index (χ3n) is 5.45. The van der Waals surface area contributed by atoms with Crippen LogP contribution < -0.4 is 10.3 Å². The number of hydrogen-bond acceptors (Lipinski definition) is 8. The van der Waals surface area contributed by atoms with E-state index in [1.807, 2.05) is 13.8 Å². The fraction of sp³-hybridized carbons (Fsp3) is 0.160. The molecule has 194 valence electrons. The molecule has 1 aromatic heterocycles. The molecule has 0 atom stereocenters. The van der Waals surface area contributed by atoms with Crippen LogP contribution in [-0.4, -0.2) is 25.7 Å². The van der Waals surface area contributed by atoms with Gasteiger partial charge < -0.3 is 4.74 Å². The normalized spacial score (nSPS) is 11.4. The lowest BCUT2D eigenvalue weighted by Gasteiger charge is -2.12. The second-order valence-corrected chi connectivity index (χ2v) is 10.2. The first kappa shape index (κ1) is 27.1. The Morgan fingerprint density at radius 1 is 1.05 bits per heavy atom. The van der Waals surface area contributed by atoms with Gasteiger partial charge in [0.1, 0.15) is 12.4 Å². The third-order valence-corrected chi connectivity index (χ3v) is 6.53. The second kappa shape index (κ2) is 11.2. The van der Waals surface area contributed by atoms with Crippen LogP contribution in [0.25, 0.3) is 10.9 Å². The molecule has 0 amide bonds. The number of benzene rings is 3. The van der Waals surface area contributed by atoms with Crippen molar-refractivity contribution in [1.82, 2.24) is 9.66 Å². The molecule has 0 saturated carbocycles. The molecular weight excluding hydrogens is 626 g/mol. The Labute approximate surface area is 232 Å². The van der Waals surface area contributed by atoms with Gasteiger partial charge in [0.15, 0.2) is 0 Å².